The van der Waals surface area contributed by atoms with Crippen LogP contribution in [0.4, 0.5) is 5.69 Å². The highest BCUT2D eigenvalue weighted by Gasteiger charge is 2.20. The van der Waals surface area contributed by atoms with Crippen LogP contribution in [0.1, 0.15) is 37.5 Å². The number of carbonyl (C=O) groups excluding carboxylic acids is 2. The minimum Gasteiger partial charge on any atom is -0.507 e. The number of carbonyl (C=O) groups is 2. The number of primary amides is 1. The Morgan fingerprint density at radius 3 is 2.61 bits per heavy atom. The van der Waals surface area contributed by atoms with Crippen molar-refractivity contribution >= 4 is 28.4 Å². The second-order valence-corrected chi connectivity index (χ2v) is 7.53. The number of aryl methyl sites for hydroxylation is 1. The van der Waals surface area contributed by atoms with E-state index in [0.29, 0.717) is 23.2 Å². The van der Waals surface area contributed by atoms with Gasteiger partial charge in [0.05, 0.1) is 11.1 Å². The van der Waals surface area contributed by atoms with Crippen LogP contribution >= 0.6 is 0 Å². The number of aromatic hydroxyl groups is 1. The molecule has 7 heteroatoms. The van der Waals surface area contributed by atoms with Gasteiger partial charge in [0, 0.05) is 41.9 Å². The number of aromatic nitrogens is 2. The lowest BCUT2D eigenvalue weighted by atomic mass is 10.0. The maximum absolute atomic E-state index is 13.1. The predicted molar refractivity (Wildman–Crippen MR) is 119 cm³/mol. The molecule has 0 aliphatic rings. The Balaban J connectivity index is 1.70. The van der Waals surface area contributed by atoms with E-state index in [-0.39, 0.29) is 11.3 Å². The van der Waals surface area contributed by atoms with Crippen molar-refractivity contribution in [1.29, 1.82) is 0 Å². The van der Waals surface area contributed by atoms with Crippen LogP contribution < -0.4 is 10.6 Å². The number of amides is 2. The quantitative estimate of drug-likeness (QED) is 0.464. The van der Waals surface area contributed by atoms with Crippen LogP contribution in [-0.4, -0.2) is 34.2 Å². The van der Waals surface area contributed by atoms with Gasteiger partial charge in [-0.25, -0.2) is 0 Å². The average molecular weight is 414 g/mol. The Labute approximate surface area is 179 Å². The molecule has 0 saturated heterocycles. The van der Waals surface area contributed by atoms with Crippen LogP contribution in [0, 0.1) is 6.92 Å². The molecule has 4 rings (SSSR count). The van der Waals surface area contributed by atoms with Gasteiger partial charge < -0.3 is 15.7 Å². The van der Waals surface area contributed by atoms with Crippen molar-refractivity contribution in [2.24, 2.45) is 5.73 Å². The van der Waals surface area contributed by atoms with Crippen LogP contribution in [-0.2, 0) is 6.42 Å². The normalized spacial score (nSPS) is 10.9. The van der Waals surface area contributed by atoms with Gasteiger partial charge in [0.2, 0.25) is 5.91 Å². The fraction of sp³-hybridized carbons (Fsp3) is 0.125. The number of nitrogens with two attached hydrogens (primary N) is 1. The van der Waals surface area contributed by atoms with Crippen LogP contribution in [0.15, 0.2) is 60.7 Å². The third kappa shape index (κ3) is 3.98. The van der Waals surface area contributed by atoms with Crippen molar-refractivity contribution in [3.63, 3.8) is 0 Å². The number of hydrogen-bond donors (Lipinski definition) is 3. The molecule has 0 radical (unpaired) electrons. The summed E-state index contributed by atoms with van der Waals surface area (Å²) in [6.07, 6.45) is 0.618. The first-order valence-electron chi connectivity index (χ1n) is 9.77. The molecule has 0 bridgehead atoms. The molecule has 156 valence electrons. The highest BCUT2D eigenvalue weighted by Crippen LogP contribution is 2.29. The SMILES string of the molecule is Cc1cccc(Cc2[nH]nc3cc(O)c(C(=O)N(C)c4cccc(C(N)=O)c4)cc23)c1. The average Bonchev–Trinajstić information content (AvgIpc) is 3.13. The van der Waals surface area contributed by atoms with E-state index >= 15 is 0 Å². The Morgan fingerprint density at radius 1 is 1.10 bits per heavy atom. The van der Waals surface area contributed by atoms with Gasteiger partial charge in [0.1, 0.15) is 5.75 Å². The number of phenols is 1. The van der Waals surface area contributed by atoms with E-state index in [1.807, 2.05) is 25.1 Å². The van der Waals surface area contributed by atoms with Crippen molar-refractivity contribution < 1.29 is 14.7 Å². The molecule has 7 nitrogen and oxygen atoms in total. The van der Waals surface area contributed by atoms with Gasteiger partial charge in [-0.2, -0.15) is 5.10 Å². The number of benzene rings is 3. The molecule has 4 N–H and O–H groups in total. The molecule has 0 aliphatic heterocycles. The van der Waals surface area contributed by atoms with Crippen molar-refractivity contribution in [3.05, 3.63) is 88.6 Å². The third-order valence-electron chi connectivity index (χ3n) is 5.27. The molecule has 0 fully saturated rings. The molecular formula is C24H22N4O3. The maximum atomic E-state index is 13.1. The summed E-state index contributed by atoms with van der Waals surface area (Å²) in [5.74, 6) is -1.15. The highest BCUT2D eigenvalue weighted by atomic mass is 16.3. The number of phenolic OH excluding ortho intramolecular Hbond substituents is 1. The van der Waals surface area contributed by atoms with Gasteiger partial charge in [-0.1, -0.05) is 35.9 Å². The Hall–Kier alpha value is -4.13. The summed E-state index contributed by atoms with van der Waals surface area (Å²) in [5.41, 5.74) is 9.99. The van der Waals surface area contributed by atoms with Gasteiger partial charge in [0.15, 0.2) is 0 Å². The summed E-state index contributed by atoms with van der Waals surface area (Å²) in [5, 5.41) is 18.5. The minimum atomic E-state index is -0.578. The lowest BCUT2D eigenvalue weighted by Gasteiger charge is -2.18. The number of anilines is 1. The lowest BCUT2D eigenvalue weighted by Crippen LogP contribution is -2.26. The molecule has 0 atom stereocenters. The summed E-state index contributed by atoms with van der Waals surface area (Å²) in [4.78, 5) is 26.0. The van der Waals surface area contributed by atoms with Gasteiger partial charge >= 0.3 is 0 Å². The molecule has 4 aromatic rings. The highest BCUT2D eigenvalue weighted by molar-refractivity contribution is 6.10. The summed E-state index contributed by atoms with van der Waals surface area (Å²) < 4.78 is 0. The van der Waals surface area contributed by atoms with E-state index in [1.165, 1.54) is 17.0 Å². The van der Waals surface area contributed by atoms with Crippen LogP contribution in [0.5, 0.6) is 5.75 Å². The molecule has 0 spiro atoms. The number of nitrogens with zero attached hydrogens (tertiary/aromatic N) is 2. The van der Waals surface area contributed by atoms with Crippen molar-refractivity contribution in [2.45, 2.75) is 13.3 Å². The van der Waals surface area contributed by atoms with Gasteiger partial charge in [-0.3, -0.25) is 14.7 Å². The Morgan fingerprint density at radius 2 is 1.87 bits per heavy atom. The third-order valence-corrected chi connectivity index (χ3v) is 5.27. The van der Waals surface area contributed by atoms with Gasteiger partial charge in [0.25, 0.3) is 5.91 Å². The zero-order valence-electron chi connectivity index (χ0n) is 17.2. The fourth-order valence-corrected chi connectivity index (χ4v) is 3.60. The number of aromatic amines is 1. The van der Waals surface area contributed by atoms with E-state index in [0.717, 1.165) is 22.2 Å². The van der Waals surface area contributed by atoms with E-state index in [4.69, 9.17) is 5.73 Å². The summed E-state index contributed by atoms with van der Waals surface area (Å²) >= 11 is 0. The maximum Gasteiger partial charge on any atom is 0.261 e. The summed E-state index contributed by atoms with van der Waals surface area (Å²) in [6, 6.07) is 17.8. The number of rotatable bonds is 5. The predicted octanol–water partition coefficient (Wildman–Crippen LogP) is 3.54. The van der Waals surface area contributed by atoms with E-state index in [2.05, 4.69) is 16.3 Å². The van der Waals surface area contributed by atoms with E-state index in [9.17, 15) is 14.7 Å². The number of nitrogens with one attached hydrogen (secondary N) is 1. The topological polar surface area (TPSA) is 112 Å². The molecule has 2 amide bonds. The van der Waals surface area contributed by atoms with Gasteiger partial charge in [-0.05, 0) is 36.8 Å². The number of hydrogen-bond acceptors (Lipinski definition) is 4. The first-order chi connectivity index (χ1) is 14.8. The second-order valence-electron chi connectivity index (χ2n) is 7.53. The smallest absolute Gasteiger partial charge is 0.261 e. The standard InChI is InChI=1S/C24H22N4O3/c1-14-5-3-6-15(9-14)10-20-18-12-19(22(29)13-21(18)27-26-20)24(31)28(2)17-8-4-7-16(11-17)23(25)30/h3-9,11-13,29H,10H2,1-2H3,(H2,25,30)(H,26,27). The second kappa shape index (κ2) is 7.95. The molecule has 31 heavy (non-hydrogen) atoms. The molecule has 3 aromatic carbocycles. The number of H-pyrrole nitrogens is 1. The molecule has 0 aliphatic carbocycles. The first kappa shape index (κ1) is 20.2. The van der Waals surface area contributed by atoms with Crippen molar-refractivity contribution in [3.8, 4) is 5.75 Å². The van der Waals surface area contributed by atoms with Crippen molar-refractivity contribution in [2.75, 3.05) is 11.9 Å². The Bertz CT molecular complexity index is 1310. The monoisotopic (exact) mass is 414 g/mol. The minimum absolute atomic E-state index is 0.145. The largest absolute Gasteiger partial charge is 0.507 e. The summed E-state index contributed by atoms with van der Waals surface area (Å²) in [7, 11) is 1.58. The first-order valence-corrected chi connectivity index (χ1v) is 9.77. The zero-order valence-corrected chi connectivity index (χ0v) is 17.2. The van der Waals surface area contributed by atoms with Crippen molar-refractivity contribution in [1.82, 2.24) is 10.2 Å². The molecule has 1 aromatic heterocycles. The van der Waals surface area contributed by atoms with E-state index in [1.54, 1.807) is 31.3 Å². The Kier molecular flexibility index (Phi) is 5.17. The summed E-state index contributed by atoms with van der Waals surface area (Å²) in [6.45, 7) is 2.03. The lowest BCUT2D eigenvalue weighted by molar-refractivity contribution is 0.0983. The molecular weight excluding hydrogens is 392 g/mol. The van der Waals surface area contributed by atoms with E-state index < -0.39 is 11.8 Å². The van der Waals surface area contributed by atoms with Crippen LogP contribution in [0.25, 0.3) is 10.9 Å². The zero-order chi connectivity index (χ0) is 22.1. The molecule has 0 saturated carbocycles. The molecule has 1 heterocycles. The fourth-order valence-electron chi connectivity index (χ4n) is 3.60. The van der Waals surface area contributed by atoms with Crippen LogP contribution in [0.3, 0.4) is 0 Å². The van der Waals surface area contributed by atoms with Crippen LogP contribution in [0.2, 0.25) is 0 Å². The van der Waals surface area contributed by atoms with Gasteiger partial charge in [-0.15, -0.1) is 0 Å². The number of fused-ring (bicyclic) bond motifs is 1. The molecule has 0 unspecified atom stereocenters.